The SMILES string of the molecule is NC(=S)c1cccc(-c2cn(C3CCN(S(=O)(=O)CCNC(=O)COc4cccc5c4C(=O)N(C4CCC(=O)NC4=O)C5=O)CC3)c3cc(CCc4nnc(N)s4)ccc23)c1. The molecule has 3 aromatic carbocycles. The predicted molar refractivity (Wildman–Crippen MR) is 230 cm³/mol. The fourth-order valence-corrected chi connectivity index (χ4v) is 10.2. The molecule has 20 heteroatoms. The molecule has 316 valence electrons. The molecule has 1 unspecified atom stereocenters. The van der Waals surface area contributed by atoms with Crippen molar-refractivity contribution < 1.29 is 37.1 Å². The van der Waals surface area contributed by atoms with E-state index < -0.39 is 52.2 Å². The molecule has 3 aliphatic rings. The molecule has 2 saturated heterocycles. The van der Waals surface area contributed by atoms with Gasteiger partial charge in [0.25, 0.3) is 17.7 Å². The van der Waals surface area contributed by atoms with E-state index in [-0.39, 0.29) is 61.1 Å². The van der Waals surface area contributed by atoms with Crippen LogP contribution in [0.5, 0.6) is 5.75 Å². The number of benzene rings is 3. The van der Waals surface area contributed by atoms with Gasteiger partial charge in [-0.1, -0.05) is 60.0 Å². The number of fused-ring (bicyclic) bond motifs is 2. The van der Waals surface area contributed by atoms with Gasteiger partial charge in [0.05, 0.1) is 16.9 Å². The summed E-state index contributed by atoms with van der Waals surface area (Å²) in [6, 6.07) is 17.4. The number of carbonyl (C=O) groups is 5. The number of anilines is 1. The van der Waals surface area contributed by atoms with Gasteiger partial charge in [0.15, 0.2) is 6.61 Å². The molecule has 3 aliphatic heterocycles. The number of aryl methyl sites for hydroxylation is 2. The average molecular weight is 884 g/mol. The predicted octanol–water partition coefficient (Wildman–Crippen LogP) is 2.72. The van der Waals surface area contributed by atoms with Crippen molar-refractivity contribution in [2.75, 3.05) is 37.7 Å². The van der Waals surface area contributed by atoms with Crippen LogP contribution in [-0.2, 0) is 37.2 Å². The Labute approximate surface area is 359 Å². The average Bonchev–Trinajstić information content (AvgIpc) is 3.92. The van der Waals surface area contributed by atoms with Crippen LogP contribution in [0.25, 0.3) is 22.0 Å². The van der Waals surface area contributed by atoms with E-state index in [0.717, 1.165) is 49.5 Å². The number of piperidine rings is 2. The summed E-state index contributed by atoms with van der Waals surface area (Å²) < 4.78 is 36.3. The fraction of sp³-hybridized carbons (Fsp3) is 0.317. The number of thiocarbonyl (C=S) groups is 1. The first kappa shape index (κ1) is 41.6. The number of amides is 5. The molecular weight excluding hydrogens is 843 g/mol. The molecule has 61 heavy (non-hydrogen) atoms. The molecule has 0 saturated carbocycles. The van der Waals surface area contributed by atoms with Crippen LogP contribution in [0.2, 0.25) is 0 Å². The van der Waals surface area contributed by atoms with Crippen molar-refractivity contribution in [1.29, 1.82) is 0 Å². The monoisotopic (exact) mass is 883 g/mol. The van der Waals surface area contributed by atoms with Gasteiger partial charge in [-0.05, 0) is 61.1 Å². The number of hydrogen-bond acceptors (Lipinski definition) is 13. The van der Waals surface area contributed by atoms with Gasteiger partial charge in [0, 0.05) is 66.7 Å². The zero-order valence-electron chi connectivity index (χ0n) is 32.7. The zero-order chi connectivity index (χ0) is 43.0. The highest BCUT2D eigenvalue weighted by Gasteiger charge is 2.46. The highest BCUT2D eigenvalue weighted by atomic mass is 32.2. The van der Waals surface area contributed by atoms with Crippen molar-refractivity contribution in [2.24, 2.45) is 5.73 Å². The third-order valence-electron chi connectivity index (χ3n) is 11.1. The van der Waals surface area contributed by atoms with Crippen LogP contribution < -0.4 is 26.8 Å². The Morgan fingerprint density at radius 2 is 1.75 bits per heavy atom. The van der Waals surface area contributed by atoms with Gasteiger partial charge in [0.1, 0.15) is 21.8 Å². The number of aromatic nitrogens is 3. The minimum absolute atomic E-state index is 0.00600. The number of hydrogen-bond donors (Lipinski definition) is 4. The minimum Gasteiger partial charge on any atom is -0.483 e. The highest BCUT2D eigenvalue weighted by Crippen LogP contribution is 2.37. The van der Waals surface area contributed by atoms with E-state index >= 15 is 0 Å². The zero-order valence-corrected chi connectivity index (χ0v) is 35.1. The molecule has 5 aromatic rings. The van der Waals surface area contributed by atoms with E-state index in [2.05, 4.69) is 49.8 Å². The first-order valence-corrected chi connectivity index (χ1v) is 22.4. The Hall–Kier alpha value is -6.09. The normalized spacial score (nSPS) is 17.4. The number of carbonyl (C=O) groups excluding carboxylic acids is 5. The molecular formula is C41H41N9O8S3. The molecule has 17 nitrogen and oxygen atoms in total. The maximum absolute atomic E-state index is 13.5. The summed E-state index contributed by atoms with van der Waals surface area (Å²) in [6.07, 6.45) is 4.65. The van der Waals surface area contributed by atoms with Crippen molar-refractivity contribution in [3.8, 4) is 16.9 Å². The second-order valence-corrected chi connectivity index (χ2v) is 18.6. The number of rotatable bonds is 14. The number of sulfonamides is 1. The standard InChI is InChI=1S/C41H41N9O8S3/c42-37(59)25-4-1-3-24(20-25)29-21-49(31-19-23(7-9-27(29)31)8-12-35-46-47-41(43)60-35)26-13-16-48(17-14-26)61(56,57)18-15-44-34(52)22-58-32-6-2-5-28-36(32)40(55)50(39(28)54)30-10-11-33(51)45-38(30)53/h1-7,9,19-21,26,30H,8,10-18,22H2,(H2,42,59)(H2,43,47)(H,44,52)(H,45,51,53). The maximum Gasteiger partial charge on any atom is 0.266 e. The van der Waals surface area contributed by atoms with Crippen molar-refractivity contribution in [1.82, 2.24) is 34.6 Å². The summed E-state index contributed by atoms with van der Waals surface area (Å²) in [5.74, 6) is -3.72. The quantitative estimate of drug-likeness (QED) is 0.0928. The van der Waals surface area contributed by atoms with E-state index in [4.69, 9.17) is 28.4 Å². The lowest BCUT2D eigenvalue weighted by Gasteiger charge is -2.32. The summed E-state index contributed by atoms with van der Waals surface area (Å²) in [5.41, 5.74) is 16.6. The van der Waals surface area contributed by atoms with E-state index in [9.17, 15) is 32.4 Å². The lowest BCUT2D eigenvalue weighted by Crippen LogP contribution is -2.54. The van der Waals surface area contributed by atoms with Crippen molar-refractivity contribution in [2.45, 2.75) is 50.6 Å². The summed E-state index contributed by atoms with van der Waals surface area (Å²) in [6.45, 7) is -0.163. The minimum atomic E-state index is -3.75. The molecule has 2 fully saturated rings. The maximum atomic E-state index is 13.5. The molecule has 0 bridgehead atoms. The Kier molecular flexibility index (Phi) is 11.7. The van der Waals surface area contributed by atoms with Gasteiger partial charge in [-0.25, -0.2) is 12.7 Å². The molecule has 1 atom stereocenters. The first-order chi connectivity index (χ1) is 29.3. The molecule has 0 radical (unpaired) electrons. The van der Waals surface area contributed by atoms with E-state index in [1.54, 1.807) is 0 Å². The van der Waals surface area contributed by atoms with Crippen LogP contribution in [0.1, 0.15) is 68.6 Å². The molecule has 8 rings (SSSR count). The molecule has 0 aliphatic carbocycles. The largest absolute Gasteiger partial charge is 0.483 e. The van der Waals surface area contributed by atoms with Gasteiger partial charge in [-0.3, -0.25) is 34.2 Å². The smallest absolute Gasteiger partial charge is 0.266 e. The van der Waals surface area contributed by atoms with Crippen LogP contribution >= 0.6 is 23.6 Å². The first-order valence-electron chi connectivity index (χ1n) is 19.6. The van der Waals surface area contributed by atoms with E-state index in [1.807, 2.05) is 24.3 Å². The highest BCUT2D eigenvalue weighted by molar-refractivity contribution is 7.89. The Morgan fingerprint density at radius 1 is 0.967 bits per heavy atom. The van der Waals surface area contributed by atoms with Gasteiger partial charge < -0.3 is 26.1 Å². The van der Waals surface area contributed by atoms with Gasteiger partial charge in [-0.2, -0.15) is 0 Å². The second-order valence-electron chi connectivity index (χ2n) is 15.0. The molecule has 0 spiro atoms. The summed E-state index contributed by atoms with van der Waals surface area (Å²) in [4.78, 5) is 64.4. The molecule has 2 aromatic heterocycles. The van der Waals surface area contributed by atoms with Crippen LogP contribution in [0.4, 0.5) is 5.13 Å². The molecule has 5 amide bonds. The number of ether oxygens (including phenoxy) is 1. The lowest BCUT2D eigenvalue weighted by atomic mass is 10.0. The number of nitrogens with two attached hydrogens (primary N) is 2. The van der Waals surface area contributed by atoms with Gasteiger partial charge in [-0.15, -0.1) is 10.2 Å². The Bertz CT molecular complexity index is 2720. The van der Waals surface area contributed by atoms with E-state index in [0.29, 0.717) is 29.4 Å². The van der Waals surface area contributed by atoms with Crippen LogP contribution in [-0.4, -0.2) is 105 Å². The lowest BCUT2D eigenvalue weighted by molar-refractivity contribution is -0.136. The van der Waals surface area contributed by atoms with Crippen LogP contribution in [0.15, 0.2) is 66.9 Å². The molecule has 5 heterocycles. The third kappa shape index (κ3) is 8.61. The van der Waals surface area contributed by atoms with Crippen LogP contribution in [0, 0.1) is 0 Å². The number of imide groups is 2. The third-order valence-corrected chi connectivity index (χ3v) is 14.1. The number of nitrogens with one attached hydrogen (secondary N) is 2. The summed E-state index contributed by atoms with van der Waals surface area (Å²) in [7, 11) is -3.75. The van der Waals surface area contributed by atoms with Crippen molar-refractivity contribution >= 4 is 84.1 Å². The fourth-order valence-electron chi connectivity index (χ4n) is 8.09. The van der Waals surface area contributed by atoms with Gasteiger partial charge >= 0.3 is 0 Å². The van der Waals surface area contributed by atoms with E-state index in [1.165, 1.54) is 33.8 Å². The van der Waals surface area contributed by atoms with Crippen LogP contribution in [0.3, 0.4) is 0 Å². The Balaban J connectivity index is 0.887. The van der Waals surface area contributed by atoms with Crippen molar-refractivity contribution in [3.63, 3.8) is 0 Å². The number of nitrogens with zero attached hydrogens (tertiary/aromatic N) is 5. The molecule has 6 N–H and O–H groups in total. The summed E-state index contributed by atoms with van der Waals surface area (Å²) in [5, 5.41) is 15.1. The topological polar surface area (TPSA) is 242 Å². The second kappa shape index (κ2) is 17.1. The Morgan fingerprint density at radius 3 is 2.49 bits per heavy atom. The van der Waals surface area contributed by atoms with Gasteiger partial charge in [0.2, 0.25) is 27.0 Å². The van der Waals surface area contributed by atoms with Crippen molar-refractivity contribution in [3.05, 3.63) is 94.1 Å². The number of nitrogen functional groups attached to an aromatic ring is 1. The summed E-state index contributed by atoms with van der Waals surface area (Å²) >= 11 is 6.63.